The molecule has 0 aliphatic heterocycles. The van der Waals surface area contributed by atoms with E-state index in [0.717, 1.165) is 29.5 Å². The highest BCUT2D eigenvalue weighted by atomic mass is 16.6. The van der Waals surface area contributed by atoms with Crippen molar-refractivity contribution in [3.05, 3.63) is 71.3 Å². The fraction of sp³-hybridized carbons (Fsp3) is 0.516. The van der Waals surface area contributed by atoms with Crippen LogP contribution in [0.15, 0.2) is 54.6 Å². The molecule has 2 aromatic carbocycles. The van der Waals surface area contributed by atoms with Crippen molar-refractivity contribution < 1.29 is 19.1 Å². The van der Waals surface area contributed by atoms with Gasteiger partial charge in [0.1, 0.15) is 17.7 Å². The molecule has 0 aliphatic carbocycles. The topological polar surface area (TPSA) is 87.7 Å². The zero-order chi connectivity index (χ0) is 28.3. The van der Waals surface area contributed by atoms with Gasteiger partial charge in [-0.15, -0.1) is 0 Å². The summed E-state index contributed by atoms with van der Waals surface area (Å²) in [5, 5.41) is 5.91. The highest BCUT2D eigenvalue weighted by Gasteiger charge is 2.36. The lowest BCUT2D eigenvalue weighted by molar-refractivity contribution is -0.142. The van der Waals surface area contributed by atoms with Crippen LogP contribution in [0.25, 0.3) is 0 Å². The second kappa shape index (κ2) is 14.6. The number of nitrogens with zero attached hydrogens (tertiary/aromatic N) is 1. The number of rotatable bonds is 12. The van der Waals surface area contributed by atoms with Gasteiger partial charge in [-0.3, -0.25) is 9.59 Å². The molecular formula is C31H45N3O4. The number of amides is 3. The molecule has 0 radical (unpaired) electrons. The van der Waals surface area contributed by atoms with E-state index in [-0.39, 0.29) is 24.3 Å². The molecule has 2 aromatic rings. The van der Waals surface area contributed by atoms with Crippen LogP contribution in [-0.4, -0.2) is 47.0 Å². The van der Waals surface area contributed by atoms with E-state index in [1.807, 2.05) is 75.4 Å². The van der Waals surface area contributed by atoms with Crippen molar-refractivity contribution in [3.8, 4) is 0 Å². The summed E-state index contributed by atoms with van der Waals surface area (Å²) in [6.07, 6.45) is 2.03. The molecule has 7 nitrogen and oxygen atoms in total. The van der Waals surface area contributed by atoms with E-state index in [0.29, 0.717) is 13.0 Å². The van der Waals surface area contributed by atoms with Gasteiger partial charge in [-0.05, 0) is 64.2 Å². The number of carbonyl (C=O) groups is 3. The summed E-state index contributed by atoms with van der Waals surface area (Å²) in [7, 11) is 0. The van der Waals surface area contributed by atoms with Crippen LogP contribution < -0.4 is 10.6 Å². The monoisotopic (exact) mass is 523 g/mol. The average Bonchev–Trinajstić information content (AvgIpc) is 2.83. The molecule has 0 saturated carbocycles. The lowest BCUT2D eigenvalue weighted by atomic mass is 9.96. The van der Waals surface area contributed by atoms with Crippen LogP contribution in [0.5, 0.6) is 0 Å². The maximum Gasteiger partial charge on any atom is 0.408 e. The Bertz CT molecular complexity index is 1050. The zero-order valence-electron chi connectivity index (χ0n) is 24.0. The summed E-state index contributed by atoms with van der Waals surface area (Å²) in [5.74, 6) is -0.550. The minimum absolute atomic E-state index is 0.0300. The average molecular weight is 524 g/mol. The first kappa shape index (κ1) is 30.9. The predicted molar refractivity (Wildman–Crippen MR) is 152 cm³/mol. The molecule has 38 heavy (non-hydrogen) atoms. The molecule has 0 bridgehead atoms. The minimum atomic E-state index is -0.911. The van der Waals surface area contributed by atoms with Gasteiger partial charge in [0.2, 0.25) is 11.8 Å². The lowest BCUT2D eigenvalue weighted by Gasteiger charge is -2.35. The van der Waals surface area contributed by atoms with Gasteiger partial charge in [-0.25, -0.2) is 4.79 Å². The molecule has 2 N–H and O–H groups in total. The normalized spacial score (nSPS) is 13.7. The van der Waals surface area contributed by atoms with Crippen molar-refractivity contribution in [2.45, 2.75) is 97.9 Å². The van der Waals surface area contributed by atoms with Crippen molar-refractivity contribution in [3.63, 3.8) is 0 Å². The summed E-state index contributed by atoms with van der Waals surface area (Å²) in [6, 6.07) is 15.4. The van der Waals surface area contributed by atoms with Crippen molar-refractivity contribution in [1.29, 1.82) is 0 Å². The summed E-state index contributed by atoms with van der Waals surface area (Å²) >= 11 is 0. The number of aryl methyl sites for hydroxylation is 1. The van der Waals surface area contributed by atoms with Crippen molar-refractivity contribution in [1.82, 2.24) is 15.5 Å². The number of benzene rings is 2. The van der Waals surface area contributed by atoms with Gasteiger partial charge >= 0.3 is 6.09 Å². The second-order valence-electron chi connectivity index (χ2n) is 10.9. The van der Waals surface area contributed by atoms with Gasteiger partial charge < -0.3 is 20.3 Å². The number of hydrogen-bond donors (Lipinski definition) is 2. The fourth-order valence-electron chi connectivity index (χ4n) is 4.48. The summed E-state index contributed by atoms with van der Waals surface area (Å²) < 4.78 is 5.49. The third-order valence-electron chi connectivity index (χ3n) is 6.17. The molecule has 0 heterocycles. The largest absolute Gasteiger partial charge is 0.444 e. The van der Waals surface area contributed by atoms with Gasteiger partial charge in [0.15, 0.2) is 0 Å². The Morgan fingerprint density at radius 2 is 1.55 bits per heavy atom. The van der Waals surface area contributed by atoms with Gasteiger partial charge in [0, 0.05) is 19.0 Å². The number of alkyl carbamates (subject to hydrolysis) is 1. The Labute approximate surface area is 228 Å². The van der Waals surface area contributed by atoms with Crippen LogP contribution in [0, 0.1) is 6.92 Å². The minimum Gasteiger partial charge on any atom is -0.444 e. The summed E-state index contributed by atoms with van der Waals surface area (Å²) in [6.45, 7) is 13.7. The first-order valence-electron chi connectivity index (χ1n) is 13.7. The lowest BCUT2D eigenvalue weighted by Crippen LogP contribution is -2.54. The second-order valence-corrected chi connectivity index (χ2v) is 10.9. The van der Waals surface area contributed by atoms with Gasteiger partial charge in [-0.2, -0.15) is 0 Å². The highest BCUT2D eigenvalue weighted by Crippen LogP contribution is 2.26. The van der Waals surface area contributed by atoms with E-state index in [9.17, 15) is 14.4 Å². The maximum absolute atomic E-state index is 14.3. The van der Waals surface area contributed by atoms with E-state index < -0.39 is 23.8 Å². The van der Waals surface area contributed by atoms with Gasteiger partial charge in [-0.1, -0.05) is 74.9 Å². The predicted octanol–water partition coefficient (Wildman–Crippen LogP) is 5.72. The molecule has 2 rings (SSSR count). The maximum atomic E-state index is 14.3. The first-order chi connectivity index (χ1) is 18.0. The number of ether oxygens (including phenoxy) is 1. The first-order valence-corrected chi connectivity index (χ1v) is 13.7. The Morgan fingerprint density at radius 1 is 0.921 bits per heavy atom. The van der Waals surface area contributed by atoms with Crippen LogP contribution in [-0.2, 0) is 20.7 Å². The van der Waals surface area contributed by atoms with Crippen molar-refractivity contribution in [2.75, 3.05) is 6.54 Å². The summed E-state index contributed by atoms with van der Waals surface area (Å²) in [4.78, 5) is 42.5. The van der Waals surface area contributed by atoms with Crippen LogP contribution in [0.4, 0.5) is 4.79 Å². The molecule has 0 aromatic heterocycles. The highest BCUT2D eigenvalue weighted by molar-refractivity contribution is 5.92. The fourth-order valence-corrected chi connectivity index (χ4v) is 4.48. The van der Waals surface area contributed by atoms with Crippen molar-refractivity contribution >= 4 is 17.9 Å². The smallest absolute Gasteiger partial charge is 0.408 e. The van der Waals surface area contributed by atoms with E-state index in [2.05, 4.69) is 17.6 Å². The molecule has 3 amide bonds. The molecule has 0 aliphatic rings. The van der Waals surface area contributed by atoms with Gasteiger partial charge in [0.05, 0.1) is 0 Å². The number of carbonyl (C=O) groups excluding carboxylic acids is 3. The number of hydrogen-bond acceptors (Lipinski definition) is 4. The molecule has 7 heteroatoms. The Morgan fingerprint density at radius 3 is 2.13 bits per heavy atom. The van der Waals surface area contributed by atoms with Crippen LogP contribution in [0.1, 0.15) is 83.5 Å². The SMILES string of the molecule is CCCC(C)NC(=O)C(c1ccccc1C)N(CCC)C(=O)C(Cc1ccccc1)NC(=O)OC(C)(C)C. The molecule has 3 atom stereocenters. The molecular weight excluding hydrogens is 478 g/mol. The number of nitrogens with one attached hydrogen (secondary N) is 2. The standard InChI is InChI=1S/C31H45N3O4/c1-8-15-23(4)32-28(35)27(25-19-14-13-16-22(25)3)34(20-9-2)29(36)26(21-24-17-11-10-12-18-24)33-30(37)38-31(5,6)7/h10-14,16-19,23,26-27H,8-9,15,20-21H2,1-7H3,(H,32,35)(H,33,37). The molecule has 0 fully saturated rings. The zero-order valence-corrected chi connectivity index (χ0v) is 24.0. The Kier molecular flexibility index (Phi) is 11.8. The molecule has 0 spiro atoms. The van der Waals surface area contributed by atoms with Crippen LogP contribution in [0.3, 0.4) is 0 Å². The summed E-state index contributed by atoms with van der Waals surface area (Å²) in [5.41, 5.74) is 1.87. The van der Waals surface area contributed by atoms with Crippen LogP contribution in [0.2, 0.25) is 0 Å². The molecule has 0 saturated heterocycles. The van der Waals surface area contributed by atoms with E-state index in [1.165, 1.54) is 0 Å². The third-order valence-corrected chi connectivity index (χ3v) is 6.17. The van der Waals surface area contributed by atoms with Gasteiger partial charge in [0.25, 0.3) is 0 Å². The van der Waals surface area contributed by atoms with Crippen LogP contribution >= 0.6 is 0 Å². The molecule has 208 valence electrons. The van der Waals surface area contributed by atoms with E-state index in [1.54, 1.807) is 25.7 Å². The Hall–Kier alpha value is -3.35. The van der Waals surface area contributed by atoms with E-state index >= 15 is 0 Å². The quantitative estimate of drug-likeness (QED) is 0.373. The molecule has 3 unspecified atom stereocenters. The van der Waals surface area contributed by atoms with Crippen molar-refractivity contribution in [2.24, 2.45) is 0 Å². The van der Waals surface area contributed by atoms with E-state index in [4.69, 9.17) is 4.74 Å². The Balaban J connectivity index is 2.52. The third kappa shape index (κ3) is 9.51.